The number of hydrogen-bond donors (Lipinski definition) is 1. The zero-order chi connectivity index (χ0) is 43.4. The Morgan fingerprint density at radius 3 is 1.42 bits per heavy atom. The quantitative estimate of drug-likeness (QED) is 0.0214. The molecule has 0 aromatic heterocycles. The molecule has 0 radical (unpaired) electrons. The number of quaternary nitrogens is 1. The second-order valence-corrected chi connectivity index (χ2v) is 19.3. The molecule has 0 spiro atoms. The normalized spacial score (nSPS) is 13.9. The molecule has 2 atom stereocenters. The average molecular weight is 855 g/mol. The van der Waals surface area contributed by atoms with E-state index < -0.39 is 13.9 Å². The van der Waals surface area contributed by atoms with Crippen molar-refractivity contribution in [1.82, 2.24) is 0 Å². The second-order valence-electron chi connectivity index (χ2n) is 17.8. The molecule has 0 aromatic rings. The molecule has 2 unspecified atom stereocenters. The minimum absolute atomic E-state index is 0.0872. The number of hydrogen-bond acceptors (Lipinski definition) is 6. The van der Waals surface area contributed by atoms with Crippen molar-refractivity contribution in [2.45, 2.75) is 225 Å². The van der Waals surface area contributed by atoms with E-state index in [0.29, 0.717) is 24.1 Å². The van der Waals surface area contributed by atoms with E-state index in [2.05, 4.69) is 50.3 Å². The maximum Gasteiger partial charge on any atom is 0.472 e. The Kier molecular flexibility index (Phi) is 42.4. The van der Waals surface area contributed by atoms with Crippen molar-refractivity contribution in [1.29, 1.82) is 0 Å². The van der Waals surface area contributed by atoms with Gasteiger partial charge in [-0.25, -0.2) is 4.57 Å². The van der Waals surface area contributed by atoms with Gasteiger partial charge < -0.3 is 18.9 Å². The number of phosphoric ester groups is 1. The number of carbonyl (C=O) groups is 1. The number of likely N-dealkylation sites (N-methyl/N-ethyl adjacent to an activating group) is 1. The number of allylic oxidation sites excluding steroid dienone is 6. The molecule has 0 heterocycles. The number of nitrogens with zero attached hydrogens (tertiary/aromatic N) is 1. The Balaban J connectivity index is 4.17. The fourth-order valence-electron chi connectivity index (χ4n) is 6.81. The first-order chi connectivity index (χ1) is 28.6. The maximum atomic E-state index is 12.7. The first kappa shape index (κ1) is 57.7. The standard InChI is InChI=1S/C50H96NO7P/c1-6-8-10-12-14-16-18-20-22-24-26-27-29-31-33-35-37-39-41-43-50(52)58-49(48-57-59(53,54)56-46-44-51(3,4)5)47-55-45-42-40-38-36-34-32-30-28-25-23-21-19-17-15-13-11-9-7-2/h15,17,20-23,49H,6-14,16,18-19,24-48H2,1-5H3/p+1/b17-15-,22-20-,23-21-. The van der Waals surface area contributed by atoms with E-state index in [9.17, 15) is 14.3 Å². The van der Waals surface area contributed by atoms with Crippen molar-refractivity contribution in [3.63, 3.8) is 0 Å². The van der Waals surface area contributed by atoms with E-state index in [-0.39, 0.29) is 25.8 Å². The van der Waals surface area contributed by atoms with Crippen LogP contribution in [-0.2, 0) is 27.9 Å². The lowest BCUT2D eigenvalue weighted by Crippen LogP contribution is -2.37. The Labute approximate surface area is 365 Å². The van der Waals surface area contributed by atoms with E-state index in [4.69, 9.17) is 18.5 Å². The van der Waals surface area contributed by atoms with E-state index in [1.807, 2.05) is 21.1 Å². The van der Waals surface area contributed by atoms with Crippen molar-refractivity contribution in [3.8, 4) is 0 Å². The highest BCUT2D eigenvalue weighted by Crippen LogP contribution is 2.43. The van der Waals surface area contributed by atoms with Gasteiger partial charge in [0.15, 0.2) is 0 Å². The lowest BCUT2D eigenvalue weighted by molar-refractivity contribution is -0.870. The second kappa shape index (κ2) is 43.4. The molecule has 0 aromatic carbocycles. The summed E-state index contributed by atoms with van der Waals surface area (Å²) in [6, 6.07) is 0. The Morgan fingerprint density at radius 1 is 0.525 bits per heavy atom. The zero-order valence-electron chi connectivity index (χ0n) is 39.5. The predicted octanol–water partition coefficient (Wildman–Crippen LogP) is 14.9. The average Bonchev–Trinajstić information content (AvgIpc) is 3.19. The molecule has 0 amide bonds. The van der Waals surface area contributed by atoms with Gasteiger partial charge in [-0.05, 0) is 70.6 Å². The molecule has 0 fully saturated rings. The Morgan fingerprint density at radius 2 is 0.932 bits per heavy atom. The molecule has 0 aliphatic heterocycles. The van der Waals surface area contributed by atoms with Crippen LogP contribution in [0.1, 0.15) is 219 Å². The summed E-state index contributed by atoms with van der Waals surface area (Å²) < 4.78 is 35.1. The minimum atomic E-state index is -4.28. The van der Waals surface area contributed by atoms with Gasteiger partial charge in [0.05, 0.1) is 34.4 Å². The Hall–Kier alpha value is -1.28. The van der Waals surface area contributed by atoms with Gasteiger partial charge in [0.2, 0.25) is 0 Å². The van der Waals surface area contributed by atoms with E-state index in [1.54, 1.807) is 0 Å². The molecule has 9 heteroatoms. The van der Waals surface area contributed by atoms with E-state index in [0.717, 1.165) is 38.5 Å². The topological polar surface area (TPSA) is 91.3 Å². The third kappa shape index (κ3) is 47.6. The smallest absolute Gasteiger partial charge is 0.457 e. The molecule has 0 saturated carbocycles. The number of rotatable bonds is 46. The van der Waals surface area contributed by atoms with Crippen LogP contribution < -0.4 is 0 Å². The number of esters is 1. The summed E-state index contributed by atoms with van der Waals surface area (Å²) in [6.07, 6.45) is 51.8. The lowest BCUT2D eigenvalue weighted by atomic mass is 10.1. The fourth-order valence-corrected chi connectivity index (χ4v) is 7.56. The largest absolute Gasteiger partial charge is 0.472 e. The van der Waals surface area contributed by atoms with Crippen LogP contribution in [0.3, 0.4) is 0 Å². The zero-order valence-corrected chi connectivity index (χ0v) is 40.4. The molecule has 348 valence electrons. The highest BCUT2D eigenvalue weighted by Gasteiger charge is 2.26. The van der Waals surface area contributed by atoms with Gasteiger partial charge in [0.25, 0.3) is 0 Å². The molecule has 8 nitrogen and oxygen atoms in total. The number of carbonyl (C=O) groups excluding carboxylic acids is 1. The molecule has 0 saturated heterocycles. The highest BCUT2D eigenvalue weighted by atomic mass is 31.2. The third-order valence-corrected chi connectivity index (χ3v) is 11.7. The number of unbranched alkanes of at least 4 members (excludes halogenated alkanes) is 26. The molecule has 1 N–H and O–H groups in total. The molecule has 59 heavy (non-hydrogen) atoms. The lowest BCUT2D eigenvalue weighted by Gasteiger charge is -2.24. The van der Waals surface area contributed by atoms with Gasteiger partial charge in [0.1, 0.15) is 19.3 Å². The predicted molar refractivity (Wildman–Crippen MR) is 252 cm³/mol. The summed E-state index contributed by atoms with van der Waals surface area (Å²) in [5.74, 6) is -0.316. The molecule has 0 aliphatic rings. The first-order valence-corrected chi connectivity index (χ1v) is 26.2. The monoisotopic (exact) mass is 855 g/mol. The van der Waals surface area contributed by atoms with Crippen molar-refractivity contribution in [2.24, 2.45) is 0 Å². The van der Waals surface area contributed by atoms with Crippen molar-refractivity contribution in [2.75, 3.05) is 54.1 Å². The number of ether oxygens (including phenoxy) is 2. The van der Waals surface area contributed by atoms with Crippen LogP contribution in [-0.4, -0.2) is 75.6 Å². The summed E-state index contributed by atoms with van der Waals surface area (Å²) in [4.78, 5) is 23.0. The molecule has 0 bridgehead atoms. The van der Waals surface area contributed by atoms with Crippen LogP contribution >= 0.6 is 7.82 Å². The third-order valence-electron chi connectivity index (χ3n) is 10.7. The van der Waals surface area contributed by atoms with Crippen LogP contribution in [0.15, 0.2) is 36.5 Å². The fraction of sp³-hybridized carbons (Fsp3) is 0.860. The van der Waals surface area contributed by atoms with Gasteiger partial charge in [-0.2, -0.15) is 0 Å². The summed E-state index contributed by atoms with van der Waals surface area (Å²) in [6.45, 7) is 5.60. The molecular weight excluding hydrogens is 758 g/mol. The summed E-state index contributed by atoms with van der Waals surface area (Å²) in [5.41, 5.74) is 0. The molecular formula is C50H97NO7P+. The SMILES string of the molecule is CCCCC/C=C\C/C=C\CCCCCCCCCCOCC(COP(=O)(O)OCC[N+](C)(C)C)OC(=O)CCCCCCCCCCC/C=C\CCCCCCCC. The summed E-state index contributed by atoms with van der Waals surface area (Å²) in [5, 5.41) is 0. The van der Waals surface area contributed by atoms with Gasteiger partial charge in [-0.1, -0.05) is 179 Å². The van der Waals surface area contributed by atoms with Crippen molar-refractivity contribution >= 4 is 13.8 Å². The van der Waals surface area contributed by atoms with Crippen molar-refractivity contribution < 1.29 is 37.3 Å². The number of phosphoric acid groups is 1. The summed E-state index contributed by atoms with van der Waals surface area (Å²) >= 11 is 0. The van der Waals surface area contributed by atoms with Gasteiger partial charge in [-0.15, -0.1) is 0 Å². The van der Waals surface area contributed by atoms with Gasteiger partial charge in [-0.3, -0.25) is 13.8 Å². The van der Waals surface area contributed by atoms with Crippen LogP contribution in [0.4, 0.5) is 0 Å². The summed E-state index contributed by atoms with van der Waals surface area (Å²) in [7, 11) is 1.67. The van der Waals surface area contributed by atoms with E-state index >= 15 is 0 Å². The van der Waals surface area contributed by atoms with Crippen molar-refractivity contribution in [3.05, 3.63) is 36.5 Å². The van der Waals surface area contributed by atoms with E-state index in [1.165, 1.54) is 161 Å². The van der Waals surface area contributed by atoms with Crippen LogP contribution in [0, 0.1) is 0 Å². The van der Waals surface area contributed by atoms with Gasteiger partial charge >= 0.3 is 13.8 Å². The minimum Gasteiger partial charge on any atom is -0.457 e. The highest BCUT2D eigenvalue weighted by molar-refractivity contribution is 7.47. The van der Waals surface area contributed by atoms with Gasteiger partial charge in [0, 0.05) is 13.0 Å². The van der Waals surface area contributed by atoms with Crippen LogP contribution in [0.5, 0.6) is 0 Å². The van der Waals surface area contributed by atoms with Crippen LogP contribution in [0.2, 0.25) is 0 Å². The van der Waals surface area contributed by atoms with Crippen LogP contribution in [0.25, 0.3) is 0 Å². The Bertz CT molecular complexity index is 1040. The first-order valence-electron chi connectivity index (χ1n) is 24.7. The molecule has 0 aliphatic carbocycles. The maximum absolute atomic E-state index is 12.7. The molecule has 0 rings (SSSR count).